The number of halogens is 1. The quantitative estimate of drug-likeness (QED) is 0.435. The molecule has 0 aromatic carbocycles. The van der Waals surface area contributed by atoms with Crippen LogP contribution in [-0.4, -0.2) is 17.4 Å². The molecule has 1 atom stereocenters. The number of aromatic nitrogens is 1. The Hall–Kier alpha value is -1.33. The van der Waals surface area contributed by atoms with Crippen molar-refractivity contribution < 1.29 is 4.79 Å². The van der Waals surface area contributed by atoms with Crippen LogP contribution < -0.4 is 16.6 Å². The summed E-state index contributed by atoms with van der Waals surface area (Å²) in [4.78, 5) is 15.8. The molecule has 1 unspecified atom stereocenters. The third-order valence-corrected chi connectivity index (χ3v) is 3.12. The Morgan fingerprint density at radius 2 is 2.11 bits per heavy atom. The number of carbonyl (C=O) groups excluding carboxylic acids is 1. The zero-order chi connectivity index (χ0) is 13.7. The van der Waals surface area contributed by atoms with Crippen molar-refractivity contribution in [3.8, 4) is 0 Å². The number of anilines is 1. The Morgan fingerprint density at radius 3 is 2.67 bits per heavy atom. The second-order valence-corrected chi connectivity index (χ2v) is 5.03. The molecule has 0 spiro atoms. The van der Waals surface area contributed by atoms with Gasteiger partial charge < -0.3 is 10.7 Å². The lowest BCUT2D eigenvalue weighted by molar-refractivity contribution is 0.0945. The van der Waals surface area contributed by atoms with Crippen LogP contribution in [0, 0.1) is 11.8 Å². The highest BCUT2D eigenvalue weighted by Gasteiger charge is 2.12. The van der Waals surface area contributed by atoms with Crippen molar-refractivity contribution in [3.05, 3.63) is 22.8 Å². The second kappa shape index (κ2) is 6.56. The number of nitrogens with zero attached hydrogens (tertiary/aromatic N) is 1. The van der Waals surface area contributed by atoms with Crippen LogP contribution in [0.4, 0.5) is 5.82 Å². The van der Waals surface area contributed by atoms with Gasteiger partial charge in [0.15, 0.2) is 0 Å². The number of nitrogens with one attached hydrogen (secondary N) is 2. The summed E-state index contributed by atoms with van der Waals surface area (Å²) in [5.41, 5.74) is 2.81. The molecule has 1 rings (SSSR count). The molecule has 0 radical (unpaired) electrons. The van der Waals surface area contributed by atoms with Crippen molar-refractivity contribution in [2.24, 2.45) is 17.7 Å². The zero-order valence-corrected chi connectivity index (χ0v) is 11.6. The van der Waals surface area contributed by atoms with E-state index in [1.807, 2.05) is 0 Å². The molecule has 0 saturated carbocycles. The molecule has 6 heteroatoms. The normalized spacial score (nSPS) is 12.3. The van der Waals surface area contributed by atoms with Gasteiger partial charge in [-0.15, -0.1) is 0 Å². The fourth-order valence-electron chi connectivity index (χ4n) is 1.29. The van der Waals surface area contributed by atoms with Crippen molar-refractivity contribution in [2.75, 3.05) is 12.0 Å². The van der Waals surface area contributed by atoms with Gasteiger partial charge in [-0.3, -0.25) is 4.79 Å². The van der Waals surface area contributed by atoms with Crippen LogP contribution in [0.25, 0.3) is 0 Å². The summed E-state index contributed by atoms with van der Waals surface area (Å²) >= 11 is 5.80. The third-order valence-electron chi connectivity index (χ3n) is 2.93. The summed E-state index contributed by atoms with van der Waals surface area (Å²) in [5, 5.41) is 3.09. The molecule has 18 heavy (non-hydrogen) atoms. The Kier molecular flexibility index (Phi) is 5.37. The van der Waals surface area contributed by atoms with E-state index in [4.69, 9.17) is 17.4 Å². The number of hydrogen-bond acceptors (Lipinski definition) is 4. The minimum Gasteiger partial charge on any atom is -0.352 e. The highest BCUT2D eigenvalue weighted by atomic mass is 35.5. The molecule has 1 heterocycles. The van der Waals surface area contributed by atoms with Gasteiger partial charge >= 0.3 is 0 Å². The molecule has 0 aliphatic rings. The SMILES string of the molecule is CC(C)C(C)CNC(=O)c1cc(Cl)nc(NN)c1. The first-order valence-corrected chi connectivity index (χ1v) is 6.24. The van der Waals surface area contributed by atoms with Gasteiger partial charge in [0.05, 0.1) is 0 Å². The smallest absolute Gasteiger partial charge is 0.251 e. The van der Waals surface area contributed by atoms with Gasteiger partial charge in [-0.2, -0.15) is 0 Å². The Bertz CT molecular complexity index is 423. The fraction of sp³-hybridized carbons (Fsp3) is 0.500. The van der Waals surface area contributed by atoms with E-state index in [9.17, 15) is 4.79 Å². The predicted molar refractivity (Wildman–Crippen MR) is 73.4 cm³/mol. The van der Waals surface area contributed by atoms with Crippen molar-refractivity contribution in [3.63, 3.8) is 0 Å². The van der Waals surface area contributed by atoms with Gasteiger partial charge in [-0.25, -0.2) is 10.8 Å². The lowest BCUT2D eigenvalue weighted by atomic mass is 9.98. The first-order valence-electron chi connectivity index (χ1n) is 5.86. The van der Waals surface area contributed by atoms with Crippen molar-refractivity contribution >= 4 is 23.3 Å². The Balaban J connectivity index is 2.69. The first kappa shape index (κ1) is 14.7. The van der Waals surface area contributed by atoms with Crippen molar-refractivity contribution in [1.29, 1.82) is 0 Å². The lowest BCUT2D eigenvalue weighted by Crippen LogP contribution is -2.30. The zero-order valence-electron chi connectivity index (χ0n) is 10.8. The largest absolute Gasteiger partial charge is 0.352 e. The number of nitrogens with two attached hydrogens (primary N) is 1. The van der Waals surface area contributed by atoms with Crippen molar-refractivity contribution in [1.82, 2.24) is 10.3 Å². The van der Waals surface area contributed by atoms with Crippen LogP contribution in [0.3, 0.4) is 0 Å². The highest BCUT2D eigenvalue weighted by Crippen LogP contribution is 2.14. The van der Waals surface area contributed by atoms with Crippen LogP contribution in [0.15, 0.2) is 12.1 Å². The molecule has 0 saturated heterocycles. The van der Waals surface area contributed by atoms with Gasteiger partial charge in [0.25, 0.3) is 5.91 Å². The van der Waals surface area contributed by atoms with Gasteiger partial charge in [-0.05, 0) is 24.0 Å². The third kappa shape index (κ3) is 4.16. The van der Waals surface area contributed by atoms with Gasteiger partial charge in [-0.1, -0.05) is 32.4 Å². The molecule has 0 aliphatic carbocycles. The van der Waals surface area contributed by atoms with Crippen molar-refractivity contribution in [2.45, 2.75) is 20.8 Å². The minimum absolute atomic E-state index is 0.177. The summed E-state index contributed by atoms with van der Waals surface area (Å²) < 4.78 is 0. The molecule has 0 bridgehead atoms. The molecule has 1 amide bonds. The second-order valence-electron chi connectivity index (χ2n) is 4.64. The average Bonchev–Trinajstić information content (AvgIpc) is 2.34. The van der Waals surface area contributed by atoms with Crippen LogP contribution in [-0.2, 0) is 0 Å². The fourth-order valence-corrected chi connectivity index (χ4v) is 1.50. The number of nitrogen functional groups attached to an aromatic ring is 1. The monoisotopic (exact) mass is 270 g/mol. The van der Waals surface area contributed by atoms with E-state index in [2.05, 4.69) is 36.5 Å². The Morgan fingerprint density at radius 1 is 1.44 bits per heavy atom. The summed E-state index contributed by atoms with van der Waals surface area (Å²) in [7, 11) is 0. The van der Waals surface area contributed by atoms with Gasteiger partial charge in [0, 0.05) is 12.1 Å². The van der Waals surface area contributed by atoms with E-state index in [-0.39, 0.29) is 11.1 Å². The first-order chi connectivity index (χ1) is 8.43. The van der Waals surface area contributed by atoms with E-state index in [1.165, 1.54) is 6.07 Å². The van der Waals surface area contributed by atoms with E-state index < -0.39 is 0 Å². The van der Waals surface area contributed by atoms with E-state index in [1.54, 1.807) is 6.07 Å². The topological polar surface area (TPSA) is 80.0 Å². The average molecular weight is 271 g/mol. The molecule has 100 valence electrons. The number of pyridine rings is 1. The molecular formula is C12H19ClN4O. The van der Waals surface area contributed by atoms with Gasteiger partial charge in [0.1, 0.15) is 11.0 Å². The number of amides is 1. The number of carbonyl (C=O) groups is 1. The van der Waals surface area contributed by atoms with Gasteiger partial charge in [0.2, 0.25) is 0 Å². The molecule has 1 aromatic heterocycles. The standard InChI is InChI=1S/C12H19ClN4O/c1-7(2)8(3)6-15-12(18)9-4-10(13)16-11(5-9)17-14/h4-5,7-8H,6,14H2,1-3H3,(H,15,18)(H,16,17). The number of rotatable bonds is 5. The summed E-state index contributed by atoms with van der Waals surface area (Å²) in [5.74, 6) is 6.37. The maximum Gasteiger partial charge on any atom is 0.251 e. The van der Waals surface area contributed by atoms with E-state index >= 15 is 0 Å². The molecule has 1 aromatic rings. The number of hydrogen-bond donors (Lipinski definition) is 3. The maximum atomic E-state index is 11.9. The molecular weight excluding hydrogens is 252 g/mol. The molecule has 4 N–H and O–H groups in total. The molecule has 0 aliphatic heterocycles. The molecule has 5 nitrogen and oxygen atoms in total. The number of hydrazine groups is 1. The van der Waals surface area contributed by atoms with Crippen LogP contribution in [0.5, 0.6) is 0 Å². The molecule has 0 fully saturated rings. The minimum atomic E-state index is -0.177. The maximum absolute atomic E-state index is 11.9. The van der Waals surface area contributed by atoms with Crippen LogP contribution in [0.2, 0.25) is 5.15 Å². The summed E-state index contributed by atoms with van der Waals surface area (Å²) in [6.45, 7) is 6.96. The summed E-state index contributed by atoms with van der Waals surface area (Å²) in [6, 6.07) is 3.07. The highest BCUT2D eigenvalue weighted by molar-refractivity contribution is 6.29. The predicted octanol–water partition coefficient (Wildman–Crippen LogP) is 2.04. The Labute approximate surface area is 112 Å². The van der Waals surface area contributed by atoms with E-state index in [0.717, 1.165) is 0 Å². The lowest BCUT2D eigenvalue weighted by Gasteiger charge is -2.16. The van der Waals surface area contributed by atoms with Crippen LogP contribution >= 0.6 is 11.6 Å². The van der Waals surface area contributed by atoms with Crippen LogP contribution in [0.1, 0.15) is 31.1 Å². The summed E-state index contributed by atoms with van der Waals surface area (Å²) in [6.07, 6.45) is 0. The van der Waals surface area contributed by atoms with E-state index in [0.29, 0.717) is 29.8 Å².